The van der Waals surface area contributed by atoms with Crippen LogP contribution in [0, 0.1) is 0 Å². The van der Waals surface area contributed by atoms with E-state index >= 15 is 0 Å². The fourth-order valence-corrected chi connectivity index (χ4v) is 3.38. The molecule has 0 aliphatic rings. The van der Waals surface area contributed by atoms with Gasteiger partial charge in [0.25, 0.3) is 0 Å². The third-order valence-corrected chi connectivity index (χ3v) is 5.37. The Morgan fingerprint density at radius 1 is 0.892 bits per heavy atom. The van der Waals surface area contributed by atoms with Crippen LogP contribution >= 0.6 is 0 Å². The molecule has 0 fully saturated rings. The lowest BCUT2D eigenvalue weighted by Crippen LogP contribution is -2.42. The number of rotatable bonds is 18. The SMILES string of the molecule is CCCCCC(=O)Oc1ccc(C[C@H](NCC(C)OC(=O)OCC)C(=O)O)cc1OC(=O)CCCCC. The zero-order valence-electron chi connectivity index (χ0n) is 22.4. The van der Waals surface area contributed by atoms with Crippen LogP contribution in [0.5, 0.6) is 11.5 Å². The number of hydrogen-bond donors (Lipinski definition) is 2. The van der Waals surface area contributed by atoms with Crippen molar-refractivity contribution in [2.75, 3.05) is 13.2 Å². The molecule has 0 amide bonds. The van der Waals surface area contributed by atoms with Gasteiger partial charge in [-0.05, 0) is 50.8 Å². The van der Waals surface area contributed by atoms with Crippen LogP contribution in [-0.2, 0) is 30.3 Å². The molecular weight excluding hydrogens is 482 g/mol. The quantitative estimate of drug-likeness (QED) is 0.157. The van der Waals surface area contributed by atoms with E-state index in [1.54, 1.807) is 19.9 Å². The molecule has 10 heteroatoms. The average molecular weight is 524 g/mol. The summed E-state index contributed by atoms with van der Waals surface area (Å²) >= 11 is 0. The summed E-state index contributed by atoms with van der Waals surface area (Å²) in [5.41, 5.74) is 0.556. The van der Waals surface area contributed by atoms with Gasteiger partial charge in [0, 0.05) is 19.4 Å². The molecule has 1 unspecified atom stereocenters. The third kappa shape index (κ3) is 13.7. The molecule has 0 aliphatic carbocycles. The summed E-state index contributed by atoms with van der Waals surface area (Å²) in [5, 5.41) is 12.5. The van der Waals surface area contributed by atoms with Gasteiger partial charge < -0.3 is 29.4 Å². The molecule has 37 heavy (non-hydrogen) atoms. The third-order valence-electron chi connectivity index (χ3n) is 5.37. The average Bonchev–Trinajstić information content (AvgIpc) is 2.83. The van der Waals surface area contributed by atoms with Crippen molar-refractivity contribution in [1.82, 2.24) is 5.32 Å². The van der Waals surface area contributed by atoms with E-state index in [1.165, 1.54) is 12.1 Å². The van der Waals surface area contributed by atoms with Crippen LogP contribution in [0.3, 0.4) is 0 Å². The molecule has 10 nitrogen and oxygen atoms in total. The van der Waals surface area contributed by atoms with E-state index in [0.29, 0.717) is 18.4 Å². The van der Waals surface area contributed by atoms with E-state index in [2.05, 4.69) is 5.32 Å². The van der Waals surface area contributed by atoms with Crippen molar-refractivity contribution in [3.05, 3.63) is 23.8 Å². The fraction of sp³-hybridized carbons (Fsp3) is 0.630. The normalized spacial score (nSPS) is 12.3. The molecule has 0 aliphatic heterocycles. The van der Waals surface area contributed by atoms with E-state index in [0.717, 1.165) is 25.7 Å². The van der Waals surface area contributed by atoms with Gasteiger partial charge in [0.05, 0.1) is 6.61 Å². The maximum absolute atomic E-state index is 12.4. The summed E-state index contributed by atoms with van der Waals surface area (Å²) in [7, 11) is 0. The molecule has 0 saturated heterocycles. The summed E-state index contributed by atoms with van der Waals surface area (Å²) in [6.45, 7) is 7.59. The van der Waals surface area contributed by atoms with Gasteiger partial charge in [-0.1, -0.05) is 45.6 Å². The second kappa shape index (κ2) is 18.2. The van der Waals surface area contributed by atoms with E-state index < -0.39 is 36.2 Å². The van der Waals surface area contributed by atoms with Gasteiger partial charge >= 0.3 is 24.1 Å². The molecule has 0 saturated carbocycles. The monoisotopic (exact) mass is 523 g/mol. The molecule has 208 valence electrons. The van der Waals surface area contributed by atoms with Gasteiger partial charge in [0.2, 0.25) is 0 Å². The van der Waals surface area contributed by atoms with Crippen molar-refractivity contribution in [1.29, 1.82) is 0 Å². The molecule has 1 aromatic rings. The molecule has 1 aromatic carbocycles. The topological polar surface area (TPSA) is 137 Å². The molecule has 2 atom stereocenters. The van der Waals surface area contributed by atoms with Crippen molar-refractivity contribution in [2.24, 2.45) is 0 Å². The molecular formula is C27H41NO9. The minimum Gasteiger partial charge on any atom is -0.480 e. The Morgan fingerprint density at radius 3 is 2.03 bits per heavy atom. The smallest absolute Gasteiger partial charge is 0.480 e. The number of aliphatic carboxylic acids is 1. The van der Waals surface area contributed by atoms with Crippen molar-refractivity contribution in [3.8, 4) is 11.5 Å². The zero-order valence-corrected chi connectivity index (χ0v) is 22.4. The molecule has 1 rings (SSSR count). The minimum absolute atomic E-state index is 0.0482. The highest BCUT2D eigenvalue weighted by Gasteiger charge is 2.22. The highest BCUT2D eigenvalue weighted by Crippen LogP contribution is 2.30. The van der Waals surface area contributed by atoms with Crippen molar-refractivity contribution >= 4 is 24.1 Å². The summed E-state index contributed by atoms with van der Waals surface area (Å²) in [6, 6.07) is 3.64. The summed E-state index contributed by atoms with van der Waals surface area (Å²) in [6.07, 6.45) is 4.17. The Balaban J connectivity index is 2.95. The van der Waals surface area contributed by atoms with E-state index in [-0.39, 0.29) is 43.9 Å². The number of nitrogens with one attached hydrogen (secondary N) is 1. The predicted molar refractivity (Wildman–Crippen MR) is 137 cm³/mol. The van der Waals surface area contributed by atoms with E-state index in [9.17, 15) is 24.3 Å². The number of hydrogen-bond acceptors (Lipinski definition) is 9. The summed E-state index contributed by atoms with van der Waals surface area (Å²) in [4.78, 5) is 47.9. The highest BCUT2D eigenvalue weighted by atomic mass is 16.7. The largest absolute Gasteiger partial charge is 0.508 e. The molecule has 0 aromatic heterocycles. The lowest BCUT2D eigenvalue weighted by Gasteiger charge is -2.19. The first kappa shape index (κ1) is 31.9. The summed E-state index contributed by atoms with van der Waals surface area (Å²) < 4.78 is 20.7. The molecule has 2 N–H and O–H groups in total. The van der Waals surface area contributed by atoms with Gasteiger partial charge in [-0.25, -0.2) is 4.79 Å². The fourth-order valence-electron chi connectivity index (χ4n) is 3.38. The van der Waals surface area contributed by atoms with Crippen LogP contribution in [0.1, 0.15) is 84.6 Å². The van der Waals surface area contributed by atoms with Gasteiger partial charge in [-0.3, -0.25) is 14.4 Å². The van der Waals surface area contributed by atoms with Crippen LogP contribution in [0.2, 0.25) is 0 Å². The molecule has 0 radical (unpaired) electrons. The first-order chi connectivity index (χ1) is 17.7. The van der Waals surface area contributed by atoms with Crippen LogP contribution in [0.15, 0.2) is 18.2 Å². The maximum Gasteiger partial charge on any atom is 0.508 e. The minimum atomic E-state index is -1.10. The molecule has 0 spiro atoms. The maximum atomic E-state index is 12.4. The lowest BCUT2D eigenvalue weighted by molar-refractivity contribution is -0.139. The number of carboxylic acid groups (broad SMARTS) is 1. The van der Waals surface area contributed by atoms with Gasteiger partial charge in [-0.2, -0.15) is 0 Å². The van der Waals surface area contributed by atoms with E-state index in [4.69, 9.17) is 18.9 Å². The molecule has 0 bridgehead atoms. The van der Waals surface area contributed by atoms with Crippen molar-refractivity contribution < 1.29 is 43.2 Å². The number of esters is 2. The zero-order chi connectivity index (χ0) is 27.6. The summed E-state index contributed by atoms with van der Waals surface area (Å²) in [5.74, 6) is -1.79. The van der Waals surface area contributed by atoms with E-state index in [1.807, 2.05) is 13.8 Å². The van der Waals surface area contributed by atoms with Crippen molar-refractivity contribution in [3.63, 3.8) is 0 Å². The first-order valence-corrected chi connectivity index (χ1v) is 13.0. The van der Waals surface area contributed by atoms with Crippen LogP contribution in [-0.4, -0.2) is 54.5 Å². The lowest BCUT2D eigenvalue weighted by atomic mass is 10.0. The number of benzene rings is 1. The van der Waals surface area contributed by atoms with Crippen LogP contribution in [0.25, 0.3) is 0 Å². The number of carbonyl (C=O) groups is 4. The van der Waals surface area contributed by atoms with Crippen LogP contribution in [0.4, 0.5) is 4.79 Å². The second-order valence-corrected chi connectivity index (χ2v) is 8.76. The van der Waals surface area contributed by atoms with Gasteiger partial charge in [-0.15, -0.1) is 0 Å². The highest BCUT2D eigenvalue weighted by molar-refractivity contribution is 5.77. The Labute approximate surface area is 219 Å². The van der Waals surface area contributed by atoms with Crippen molar-refractivity contribution in [2.45, 2.75) is 97.6 Å². The number of unbranched alkanes of at least 4 members (excludes halogenated alkanes) is 4. The predicted octanol–water partition coefficient (Wildman–Crippen LogP) is 4.80. The van der Waals surface area contributed by atoms with Gasteiger partial charge in [0.15, 0.2) is 11.5 Å². The Morgan fingerprint density at radius 2 is 1.49 bits per heavy atom. The number of ether oxygens (including phenoxy) is 4. The number of carboxylic acids is 1. The Hall–Kier alpha value is -3.14. The Kier molecular flexibility index (Phi) is 15.6. The standard InChI is InChI=1S/C27H41NO9/c1-5-8-10-12-24(29)36-22-15-14-20(17-23(22)37-25(30)13-11-9-6-2)16-21(26(31)32)28-18-19(4)35-27(33)34-7-3/h14-15,17,19,21,28H,5-13,16,18H2,1-4H3,(H,31,32)/t19?,21-/m0/s1. The van der Waals surface area contributed by atoms with Crippen LogP contribution < -0.4 is 14.8 Å². The first-order valence-electron chi connectivity index (χ1n) is 13.0. The number of carbonyl (C=O) groups excluding carboxylic acids is 3. The second-order valence-electron chi connectivity index (χ2n) is 8.76. The Bertz CT molecular complexity index is 871. The van der Waals surface area contributed by atoms with Gasteiger partial charge in [0.1, 0.15) is 12.1 Å². The molecule has 0 heterocycles.